The molecule has 0 amide bonds. The van der Waals surface area contributed by atoms with Crippen LogP contribution in [0.5, 0.6) is 0 Å². The summed E-state index contributed by atoms with van der Waals surface area (Å²) >= 11 is 11.8. The monoisotopic (exact) mass is 262 g/mol. The molecule has 0 aliphatic carbocycles. The Bertz CT molecular complexity index is 351. The van der Waals surface area contributed by atoms with Gasteiger partial charge in [0.15, 0.2) is 0 Å². The average molecular weight is 263 g/mol. The molecule has 1 rings (SSSR count). The Morgan fingerprint density at radius 2 is 2.06 bits per heavy atom. The topological polar surface area (TPSA) is 29.5 Å². The summed E-state index contributed by atoms with van der Waals surface area (Å²) in [6, 6.07) is 5.26. The van der Waals surface area contributed by atoms with Crippen molar-refractivity contribution in [2.45, 2.75) is 25.9 Å². The zero-order valence-electron chi connectivity index (χ0n) is 9.46. The molecule has 1 N–H and O–H groups in total. The third-order valence-corrected chi connectivity index (χ3v) is 2.79. The summed E-state index contributed by atoms with van der Waals surface area (Å²) in [4.78, 5) is 0. The van der Waals surface area contributed by atoms with Crippen LogP contribution in [0.25, 0.3) is 0 Å². The van der Waals surface area contributed by atoms with E-state index in [0.717, 1.165) is 5.56 Å². The van der Waals surface area contributed by atoms with E-state index >= 15 is 0 Å². The fourth-order valence-corrected chi connectivity index (χ4v) is 1.92. The second-order valence-electron chi connectivity index (χ2n) is 4.05. The normalized spacial score (nSPS) is 14.8. The van der Waals surface area contributed by atoms with Crippen LogP contribution in [-0.2, 0) is 11.2 Å². The van der Waals surface area contributed by atoms with Gasteiger partial charge in [0, 0.05) is 23.1 Å². The maximum absolute atomic E-state index is 10.1. The predicted molar refractivity (Wildman–Crippen MR) is 67.3 cm³/mol. The van der Waals surface area contributed by atoms with Crippen molar-refractivity contribution < 1.29 is 9.84 Å². The molecule has 4 heteroatoms. The van der Waals surface area contributed by atoms with Crippen LogP contribution in [-0.4, -0.2) is 23.9 Å². The lowest BCUT2D eigenvalue weighted by Gasteiger charge is -2.23. The molecule has 0 aromatic heterocycles. The Labute approximate surface area is 106 Å². The minimum absolute atomic E-state index is 0.294. The molecule has 1 atom stereocenters. The maximum Gasteiger partial charge on any atom is 0.0892 e. The summed E-state index contributed by atoms with van der Waals surface area (Å²) in [5.41, 5.74) is -0.0382. The lowest BCUT2D eigenvalue weighted by molar-refractivity contribution is -0.0296. The molecule has 16 heavy (non-hydrogen) atoms. The summed E-state index contributed by atoms with van der Waals surface area (Å²) in [6.45, 7) is 4.51. The van der Waals surface area contributed by atoms with E-state index in [1.54, 1.807) is 19.1 Å². The number of hydrogen-bond acceptors (Lipinski definition) is 2. The smallest absolute Gasteiger partial charge is 0.0892 e. The summed E-state index contributed by atoms with van der Waals surface area (Å²) in [7, 11) is 0. The first kappa shape index (κ1) is 13.8. The first-order valence-corrected chi connectivity index (χ1v) is 5.94. The van der Waals surface area contributed by atoms with Gasteiger partial charge in [-0.05, 0) is 31.5 Å². The first-order chi connectivity index (χ1) is 7.44. The highest BCUT2D eigenvalue weighted by atomic mass is 35.5. The lowest BCUT2D eigenvalue weighted by atomic mass is 9.97. The zero-order chi connectivity index (χ0) is 12.2. The van der Waals surface area contributed by atoms with Gasteiger partial charge in [0.2, 0.25) is 0 Å². The van der Waals surface area contributed by atoms with Crippen molar-refractivity contribution in [3.8, 4) is 0 Å². The second-order valence-corrected chi connectivity index (χ2v) is 4.89. The molecule has 1 unspecified atom stereocenters. The van der Waals surface area contributed by atoms with Crippen LogP contribution < -0.4 is 0 Å². The number of rotatable bonds is 5. The van der Waals surface area contributed by atoms with Crippen LogP contribution in [0.2, 0.25) is 10.0 Å². The third-order valence-electron chi connectivity index (χ3n) is 2.20. The molecule has 1 aromatic rings. The Morgan fingerprint density at radius 3 is 2.62 bits per heavy atom. The van der Waals surface area contributed by atoms with Gasteiger partial charge < -0.3 is 9.84 Å². The van der Waals surface area contributed by atoms with Crippen molar-refractivity contribution in [3.05, 3.63) is 33.8 Å². The van der Waals surface area contributed by atoms with Gasteiger partial charge in [0.25, 0.3) is 0 Å². The second kappa shape index (κ2) is 5.87. The standard InChI is InChI=1S/C12H16Cl2O2/c1-3-16-8-12(2,15)7-9-4-5-10(13)6-11(9)14/h4-6,15H,3,7-8H2,1-2H3. The number of hydrogen-bond donors (Lipinski definition) is 1. The van der Waals surface area contributed by atoms with Crippen LogP contribution in [0.4, 0.5) is 0 Å². The fraction of sp³-hybridized carbons (Fsp3) is 0.500. The molecule has 0 radical (unpaired) electrons. The molecular weight excluding hydrogens is 247 g/mol. The van der Waals surface area contributed by atoms with E-state index in [1.165, 1.54) is 0 Å². The molecule has 0 saturated carbocycles. The van der Waals surface area contributed by atoms with Crippen LogP contribution in [0.15, 0.2) is 18.2 Å². The molecule has 0 saturated heterocycles. The van der Waals surface area contributed by atoms with Gasteiger partial charge in [0.05, 0.1) is 12.2 Å². The van der Waals surface area contributed by atoms with Gasteiger partial charge in [0.1, 0.15) is 0 Å². The molecule has 0 aliphatic rings. The average Bonchev–Trinajstić information content (AvgIpc) is 2.19. The van der Waals surface area contributed by atoms with Crippen molar-refractivity contribution in [2.24, 2.45) is 0 Å². The van der Waals surface area contributed by atoms with Crippen molar-refractivity contribution in [1.29, 1.82) is 0 Å². The maximum atomic E-state index is 10.1. The predicted octanol–water partition coefficient (Wildman–Crippen LogP) is 3.32. The van der Waals surface area contributed by atoms with Crippen LogP contribution in [0, 0.1) is 0 Å². The van der Waals surface area contributed by atoms with Crippen LogP contribution in [0.3, 0.4) is 0 Å². The Balaban J connectivity index is 2.71. The van der Waals surface area contributed by atoms with Gasteiger partial charge >= 0.3 is 0 Å². The molecule has 0 heterocycles. The van der Waals surface area contributed by atoms with Gasteiger partial charge in [-0.1, -0.05) is 29.3 Å². The fourth-order valence-electron chi connectivity index (χ4n) is 1.45. The summed E-state index contributed by atoms with van der Waals surface area (Å²) < 4.78 is 5.21. The van der Waals surface area contributed by atoms with Gasteiger partial charge in [-0.15, -0.1) is 0 Å². The molecule has 0 spiro atoms. The van der Waals surface area contributed by atoms with Crippen molar-refractivity contribution in [3.63, 3.8) is 0 Å². The largest absolute Gasteiger partial charge is 0.387 e. The van der Waals surface area contributed by atoms with E-state index in [2.05, 4.69) is 0 Å². The van der Waals surface area contributed by atoms with E-state index in [-0.39, 0.29) is 0 Å². The molecule has 1 aromatic carbocycles. The first-order valence-electron chi connectivity index (χ1n) is 5.18. The Kier molecular flexibility index (Phi) is 5.06. The summed E-state index contributed by atoms with van der Waals surface area (Å²) in [6.07, 6.45) is 0.447. The summed E-state index contributed by atoms with van der Waals surface area (Å²) in [5, 5.41) is 11.2. The number of halogens is 2. The zero-order valence-corrected chi connectivity index (χ0v) is 11.0. The lowest BCUT2D eigenvalue weighted by Crippen LogP contribution is -2.33. The molecule has 90 valence electrons. The highest BCUT2D eigenvalue weighted by Crippen LogP contribution is 2.24. The van der Waals surface area contributed by atoms with Gasteiger partial charge in [-0.3, -0.25) is 0 Å². The van der Waals surface area contributed by atoms with Gasteiger partial charge in [-0.25, -0.2) is 0 Å². The molecule has 2 nitrogen and oxygen atoms in total. The van der Waals surface area contributed by atoms with Crippen molar-refractivity contribution in [2.75, 3.05) is 13.2 Å². The number of benzene rings is 1. The van der Waals surface area contributed by atoms with E-state index in [0.29, 0.717) is 29.7 Å². The van der Waals surface area contributed by atoms with Gasteiger partial charge in [-0.2, -0.15) is 0 Å². The summed E-state index contributed by atoms with van der Waals surface area (Å²) in [5.74, 6) is 0. The Hall–Kier alpha value is -0.280. The van der Waals surface area contributed by atoms with E-state index in [4.69, 9.17) is 27.9 Å². The van der Waals surface area contributed by atoms with E-state index in [9.17, 15) is 5.11 Å². The minimum atomic E-state index is -0.909. The SMILES string of the molecule is CCOCC(C)(O)Cc1ccc(Cl)cc1Cl. The highest BCUT2D eigenvalue weighted by Gasteiger charge is 2.22. The highest BCUT2D eigenvalue weighted by molar-refractivity contribution is 6.35. The molecule has 0 fully saturated rings. The van der Waals surface area contributed by atoms with Crippen LogP contribution in [0.1, 0.15) is 19.4 Å². The third kappa shape index (κ3) is 4.30. The minimum Gasteiger partial charge on any atom is -0.387 e. The van der Waals surface area contributed by atoms with Crippen LogP contribution >= 0.6 is 23.2 Å². The Morgan fingerprint density at radius 1 is 1.38 bits per heavy atom. The van der Waals surface area contributed by atoms with Crippen molar-refractivity contribution >= 4 is 23.2 Å². The number of ether oxygens (including phenoxy) is 1. The molecule has 0 aliphatic heterocycles. The number of aliphatic hydroxyl groups is 1. The van der Waals surface area contributed by atoms with E-state index < -0.39 is 5.60 Å². The van der Waals surface area contributed by atoms with E-state index in [1.807, 2.05) is 13.0 Å². The molecular formula is C12H16Cl2O2. The molecule has 0 bridgehead atoms. The quantitative estimate of drug-likeness (QED) is 0.883. The van der Waals surface area contributed by atoms with Crippen molar-refractivity contribution in [1.82, 2.24) is 0 Å².